The van der Waals surface area contributed by atoms with Crippen molar-refractivity contribution in [3.05, 3.63) is 42.5 Å². The van der Waals surface area contributed by atoms with E-state index in [2.05, 4.69) is 14.8 Å². The van der Waals surface area contributed by atoms with Crippen molar-refractivity contribution < 1.29 is 9.53 Å². The summed E-state index contributed by atoms with van der Waals surface area (Å²) in [6, 6.07) is 10.0. The summed E-state index contributed by atoms with van der Waals surface area (Å²) in [5.41, 5.74) is 0. The molecule has 1 unspecified atom stereocenters. The van der Waals surface area contributed by atoms with Gasteiger partial charge in [0.15, 0.2) is 6.61 Å². The molecule has 1 aliphatic carbocycles. The molecule has 1 saturated heterocycles. The molecule has 1 aliphatic heterocycles. The SMILES string of the molecule is O=C(COc1ccccc1)N1CCCC(c2nncn2C2CC2)C1. The van der Waals surface area contributed by atoms with Crippen LogP contribution >= 0.6 is 0 Å². The second-order valence-electron chi connectivity index (χ2n) is 6.61. The first kappa shape index (κ1) is 15.2. The number of carbonyl (C=O) groups is 1. The van der Waals surface area contributed by atoms with Crippen LogP contribution in [-0.2, 0) is 4.79 Å². The summed E-state index contributed by atoms with van der Waals surface area (Å²) >= 11 is 0. The third-order valence-electron chi connectivity index (χ3n) is 4.79. The summed E-state index contributed by atoms with van der Waals surface area (Å²) in [7, 11) is 0. The molecule has 0 bridgehead atoms. The highest BCUT2D eigenvalue weighted by Crippen LogP contribution is 2.38. The van der Waals surface area contributed by atoms with Crippen molar-refractivity contribution in [3.63, 3.8) is 0 Å². The van der Waals surface area contributed by atoms with Gasteiger partial charge < -0.3 is 14.2 Å². The van der Waals surface area contributed by atoms with E-state index in [-0.39, 0.29) is 18.4 Å². The third-order valence-corrected chi connectivity index (χ3v) is 4.79. The second-order valence-corrected chi connectivity index (χ2v) is 6.61. The maximum atomic E-state index is 12.5. The number of carbonyl (C=O) groups excluding carboxylic acids is 1. The summed E-state index contributed by atoms with van der Waals surface area (Å²) in [6.07, 6.45) is 6.33. The lowest BCUT2D eigenvalue weighted by Gasteiger charge is -2.32. The van der Waals surface area contributed by atoms with Crippen molar-refractivity contribution >= 4 is 5.91 Å². The predicted molar refractivity (Wildman–Crippen MR) is 88.8 cm³/mol. The van der Waals surface area contributed by atoms with Crippen LogP contribution in [0.25, 0.3) is 0 Å². The van der Waals surface area contributed by atoms with Crippen LogP contribution in [0.2, 0.25) is 0 Å². The Morgan fingerprint density at radius 2 is 2.04 bits per heavy atom. The molecule has 126 valence electrons. The van der Waals surface area contributed by atoms with E-state index < -0.39 is 0 Å². The Morgan fingerprint density at radius 1 is 1.21 bits per heavy atom. The zero-order valence-corrected chi connectivity index (χ0v) is 13.7. The van der Waals surface area contributed by atoms with Gasteiger partial charge in [-0.25, -0.2) is 0 Å². The summed E-state index contributed by atoms with van der Waals surface area (Å²) < 4.78 is 7.80. The van der Waals surface area contributed by atoms with E-state index in [0.717, 1.165) is 31.0 Å². The van der Waals surface area contributed by atoms with Crippen molar-refractivity contribution in [1.29, 1.82) is 0 Å². The Balaban J connectivity index is 1.37. The quantitative estimate of drug-likeness (QED) is 0.846. The highest BCUT2D eigenvalue weighted by atomic mass is 16.5. The molecular weight excluding hydrogens is 304 g/mol. The molecule has 0 spiro atoms. The van der Waals surface area contributed by atoms with Crippen LogP contribution in [0.15, 0.2) is 36.7 Å². The number of hydrogen-bond donors (Lipinski definition) is 0. The molecule has 4 rings (SSSR count). The van der Waals surface area contributed by atoms with E-state index in [1.165, 1.54) is 12.8 Å². The number of rotatable bonds is 5. The van der Waals surface area contributed by atoms with Crippen LogP contribution in [0.4, 0.5) is 0 Å². The molecule has 1 saturated carbocycles. The molecule has 0 N–H and O–H groups in total. The Hall–Kier alpha value is -2.37. The molecule has 1 atom stereocenters. The standard InChI is InChI=1S/C18H22N4O2/c23-17(12-24-16-6-2-1-3-7-16)21-10-4-5-14(11-21)18-20-19-13-22(18)15-8-9-15/h1-3,6-7,13-15H,4-5,8-12H2. The van der Waals surface area contributed by atoms with Crippen molar-refractivity contribution in [2.24, 2.45) is 0 Å². The average molecular weight is 326 g/mol. The van der Waals surface area contributed by atoms with Gasteiger partial charge in [-0.3, -0.25) is 4.79 Å². The Bertz CT molecular complexity index is 696. The Morgan fingerprint density at radius 3 is 2.83 bits per heavy atom. The fourth-order valence-electron chi connectivity index (χ4n) is 3.35. The molecule has 2 aliphatic rings. The molecule has 2 aromatic rings. The van der Waals surface area contributed by atoms with E-state index >= 15 is 0 Å². The number of amides is 1. The van der Waals surface area contributed by atoms with Gasteiger partial charge in [-0.05, 0) is 37.8 Å². The topological polar surface area (TPSA) is 60.2 Å². The summed E-state index contributed by atoms with van der Waals surface area (Å²) in [4.78, 5) is 14.4. The fraction of sp³-hybridized carbons (Fsp3) is 0.500. The summed E-state index contributed by atoms with van der Waals surface area (Å²) in [5.74, 6) is 2.09. The number of hydrogen-bond acceptors (Lipinski definition) is 4. The second kappa shape index (κ2) is 6.63. The smallest absolute Gasteiger partial charge is 0.260 e. The molecular formula is C18H22N4O2. The first-order valence-corrected chi connectivity index (χ1v) is 8.66. The molecule has 2 heterocycles. The Kier molecular flexibility index (Phi) is 4.19. The largest absolute Gasteiger partial charge is 0.484 e. The highest BCUT2D eigenvalue weighted by molar-refractivity contribution is 5.78. The first-order chi connectivity index (χ1) is 11.8. The van der Waals surface area contributed by atoms with E-state index in [9.17, 15) is 4.79 Å². The van der Waals surface area contributed by atoms with Gasteiger partial charge in [0.2, 0.25) is 0 Å². The zero-order valence-electron chi connectivity index (χ0n) is 13.7. The van der Waals surface area contributed by atoms with Gasteiger partial charge >= 0.3 is 0 Å². The van der Waals surface area contributed by atoms with Crippen molar-refractivity contribution in [2.75, 3.05) is 19.7 Å². The predicted octanol–water partition coefficient (Wildman–Crippen LogP) is 2.40. The number of benzene rings is 1. The monoisotopic (exact) mass is 326 g/mol. The number of likely N-dealkylation sites (tertiary alicyclic amines) is 1. The van der Waals surface area contributed by atoms with Crippen LogP contribution in [0.1, 0.15) is 43.5 Å². The molecule has 24 heavy (non-hydrogen) atoms. The number of aromatic nitrogens is 3. The van der Waals surface area contributed by atoms with Gasteiger partial charge in [0.05, 0.1) is 0 Å². The summed E-state index contributed by atoms with van der Waals surface area (Å²) in [6.45, 7) is 1.60. The fourth-order valence-corrected chi connectivity index (χ4v) is 3.35. The molecule has 1 aromatic carbocycles. The number of nitrogens with zero attached hydrogens (tertiary/aromatic N) is 4. The first-order valence-electron chi connectivity index (χ1n) is 8.66. The molecule has 1 amide bonds. The minimum Gasteiger partial charge on any atom is -0.484 e. The third kappa shape index (κ3) is 3.27. The number of para-hydroxylation sites is 1. The maximum absolute atomic E-state index is 12.5. The highest BCUT2D eigenvalue weighted by Gasteiger charge is 2.32. The molecule has 6 heteroatoms. The molecule has 6 nitrogen and oxygen atoms in total. The van der Waals surface area contributed by atoms with Gasteiger partial charge in [0, 0.05) is 25.0 Å². The van der Waals surface area contributed by atoms with Gasteiger partial charge in [0.25, 0.3) is 5.91 Å². The van der Waals surface area contributed by atoms with E-state index in [4.69, 9.17) is 4.74 Å². The lowest BCUT2D eigenvalue weighted by Crippen LogP contribution is -2.42. The van der Waals surface area contributed by atoms with Crippen LogP contribution in [0.3, 0.4) is 0 Å². The zero-order chi connectivity index (χ0) is 16.4. The lowest BCUT2D eigenvalue weighted by atomic mass is 9.97. The van der Waals surface area contributed by atoms with Crippen LogP contribution in [0, 0.1) is 0 Å². The summed E-state index contributed by atoms with van der Waals surface area (Å²) in [5, 5.41) is 8.42. The van der Waals surface area contributed by atoms with Gasteiger partial charge in [0.1, 0.15) is 17.9 Å². The minimum atomic E-state index is 0.0426. The van der Waals surface area contributed by atoms with Crippen LogP contribution in [-0.4, -0.2) is 45.3 Å². The minimum absolute atomic E-state index is 0.0426. The maximum Gasteiger partial charge on any atom is 0.260 e. The number of ether oxygens (including phenoxy) is 1. The van der Waals surface area contributed by atoms with Gasteiger partial charge in [-0.15, -0.1) is 10.2 Å². The van der Waals surface area contributed by atoms with Crippen LogP contribution < -0.4 is 4.74 Å². The molecule has 0 radical (unpaired) electrons. The van der Waals surface area contributed by atoms with E-state index in [0.29, 0.717) is 12.6 Å². The lowest BCUT2D eigenvalue weighted by molar-refractivity contribution is -0.134. The Labute approximate surface area is 141 Å². The average Bonchev–Trinajstić information content (AvgIpc) is 3.37. The van der Waals surface area contributed by atoms with Crippen molar-refractivity contribution in [1.82, 2.24) is 19.7 Å². The van der Waals surface area contributed by atoms with Crippen molar-refractivity contribution in [2.45, 2.75) is 37.6 Å². The molecule has 2 fully saturated rings. The van der Waals surface area contributed by atoms with E-state index in [1.807, 2.05) is 41.6 Å². The molecule has 1 aromatic heterocycles. The van der Waals surface area contributed by atoms with Gasteiger partial charge in [-0.2, -0.15) is 0 Å². The normalized spacial score (nSPS) is 20.8. The van der Waals surface area contributed by atoms with Crippen LogP contribution in [0.5, 0.6) is 5.75 Å². The van der Waals surface area contributed by atoms with Gasteiger partial charge in [-0.1, -0.05) is 18.2 Å². The number of piperidine rings is 1. The van der Waals surface area contributed by atoms with E-state index in [1.54, 1.807) is 0 Å². The van der Waals surface area contributed by atoms with Crippen molar-refractivity contribution in [3.8, 4) is 5.75 Å².